The van der Waals surface area contributed by atoms with Crippen molar-refractivity contribution >= 4 is 5.91 Å². The molecule has 0 bridgehead atoms. The average Bonchev–Trinajstić information content (AvgIpc) is 3.05. The molecule has 0 saturated carbocycles. The SMILES string of the molecule is Cc1cc(=O)n(CC(=O)NCc2cn(-c3ccncc3)nn2)cn1. The molecule has 3 heterocycles. The monoisotopic (exact) mass is 325 g/mol. The summed E-state index contributed by atoms with van der Waals surface area (Å²) in [4.78, 5) is 31.6. The van der Waals surface area contributed by atoms with E-state index in [0.717, 1.165) is 5.69 Å². The molecule has 0 radical (unpaired) electrons. The van der Waals surface area contributed by atoms with Crippen molar-refractivity contribution < 1.29 is 4.79 Å². The van der Waals surface area contributed by atoms with E-state index >= 15 is 0 Å². The molecule has 3 rings (SSSR count). The van der Waals surface area contributed by atoms with E-state index in [2.05, 4.69) is 25.6 Å². The second-order valence-electron chi connectivity index (χ2n) is 5.13. The average molecular weight is 325 g/mol. The van der Waals surface area contributed by atoms with Crippen LogP contribution in [0.1, 0.15) is 11.4 Å². The van der Waals surface area contributed by atoms with Crippen LogP contribution in [0, 0.1) is 6.92 Å². The summed E-state index contributed by atoms with van der Waals surface area (Å²) in [6.45, 7) is 1.85. The molecule has 0 spiro atoms. The van der Waals surface area contributed by atoms with Gasteiger partial charge in [0, 0.05) is 24.2 Å². The summed E-state index contributed by atoms with van der Waals surface area (Å²) in [5.41, 5.74) is 1.78. The van der Waals surface area contributed by atoms with Crippen molar-refractivity contribution in [3.8, 4) is 5.69 Å². The zero-order valence-electron chi connectivity index (χ0n) is 13.0. The molecule has 0 aliphatic carbocycles. The molecule has 3 aromatic heterocycles. The zero-order chi connectivity index (χ0) is 16.9. The lowest BCUT2D eigenvalue weighted by Gasteiger charge is -2.05. The summed E-state index contributed by atoms with van der Waals surface area (Å²) >= 11 is 0. The van der Waals surface area contributed by atoms with Crippen LogP contribution in [0.15, 0.2) is 47.9 Å². The van der Waals surface area contributed by atoms with Crippen molar-refractivity contribution in [2.45, 2.75) is 20.0 Å². The number of rotatable bonds is 5. The highest BCUT2D eigenvalue weighted by Gasteiger charge is 2.07. The molecule has 9 heteroatoms. The van der Waals surface area contributed by atoms with E-state index < -0.39 is 0 Å². The van der Waals surface area contributed by atoms with E-state index in [4.69, 9.17) is 0 Å². The first-order valence-corrected chi connectivity index (χ1v) is 7.23. The Morgan fingerprint density at radius 2 is 2.08 bits per heavy atom. The Labute approximate surface area is 137 Å². The third-order valence-corrected chi connectivity index (χ3v) is 3.26. The van der Waals surface area contributed by atoms with Crippen molar-refractivity contribution in [1.29, 1.82) is 0 Å². The number of pyridine rings is 1. The first-order valence-electron chi connectivity index (χ1n) is 7.23. The van der Waals surface area contributed by atoms with Crippen LogP contribution in [0.4, 0.5) is 0 Å². The largest absolute Gasteiger partial charge is 0.349 e. The third kappa shape index (κ3) is 3.69. The summed E-state index contributed by atoms with van der Waals surface area (Å²) in [6, 6.07) is 4.98. The maximum atomic E-state index is 11.9. The minimum atomic E-state index is -0.304. The van der Waals surface area contributed by atoms with E-state index in [9.17, 15) is 9.59 Å². The minimum absolute atomic E-state index is 0.0927. The van der Waals surface area contributed by atoms with Crippen LogP contribution in [0.5, 0.6) is 0 Å². The highest BCUT2D eigenvalue weighted by atomic mass is 16.2. The molecule has 0 aliphatic heterocycles. The predicted octanol–water partition coefficient (Wildman–Crippen LogP) is -0.156. The van der Waals surface area contributed by atoms with E-state index in [-0.39, 0.29) is 24.6 Å². The van der Waals surface area contributed by atoms with E-state index in [0.29, 0.717) is 11.4 Å². The topological polar surface area (TPSA) is 108 Å². The third-order valence-electron chi connectivity index (χ3n) is 3.26. The van der Waals surface area contributed by atoms with Crippen LogP contribution in [0.2, 0.25) is 0 Å². The van der Waals surface area contributed by atoms with Crippen molar-refractivity contribution in [3.05, 3.63) is 64.9 Å². The van der Waals surface area contributed by atoms with Crippen molar-refractivity contribution in [2.24, 2.45) is 0 Å². The summed E-state index contributed by atoms with van der Waals surface area (Å²) < 4.78 is 2.84. The lowest BCUT2D eigenvalue weighted by atomic mass is 10.4. The van der Waals surface area contributed by atoms with Gasteiger partial charge in [-0.15, -0.1) is 5.10 Å². The number of amides is 1. The second kappa shape index (κ2) is 6.82. The molecule has 0 saturated heterocycles. The molecule has 0 fully saturated rings. The molecule has 1 amide bonds. The number of carbonyl (C=O) groups is 1. The fourth-order valence-corrected chi connectivity index (χ4v) is 2.04. The molecule has 9 nitrogen and oxygen atoms in total. The van der Waals surface area contributed by atoms with Gasteiger partial charge in [0.2, 0.25) is 5.91 Å². The maximum Gasteiger partial charge on any atom is 0.253 e. The Morgan fingerprint density at radius 3 is 2.83 bits per heavy atom. The lowest BCUT2D eigenvalue weighted by molar-refractivity contribution is -0.121. The molecule has 1 N–H and O–H groups in total. The summed E-state index contributed by atoms with van der Waals surface area (Å²) in [6.07, 6.45) is 6.39. The van der Waals surface area contributed by atoms with E-state index in [1.165, 1.54) is 17.0 Å². The Morgan fingerprint density at radius 1 is 1.29 bits per heavy atom. The molecule has 0 aliphatic rings. The Hall–Kier alpha value is -3.36. The standard InChI is InChI=1S/C15H15N7O2/c1-11-6-15(24)21(10-18-11)9-14(23)17-7-12-8-22(20-19-12)13-2-4-16-5-3-13/h2-6,8,10H,7,9H2,1H3,(H,17,23). The molecule has 122 valence electrons. The van der Waals surface area contributed by atoms with Crippen LogP contribution in [0.25, 0.3) is 5.69 Å². The predicted molar refractivity (Wildman–Crippen MR) is 84.2 cm³/mol. The smallest absolute Gasteiger partial charge is 0.253 e. The molecule has 0 unspecified atom stereocenters. The van der Waals surface area contributed by atoms with E-state index in [1.54, 1.807) is 42.3 Å². The number of nitrogens with one attached hydrogen (secondary N) is 1. The van der Waals surface area contributed by atoms with Gasteiger partial charge in [-0.3, -0.25) is 19.1 Å². The fraction of sp³-hybridized carbons (Fsp3) is 0.200. The number of hydrogen-bond acceptors (Lipinski definition) is 6. The fourth-order valence-electron chi connectivity index (χ4n) is 2.04. The maximum absolute atomic E-state index is 11.9. The number of aromatic nitrogens is 6. The molecular weight excluding hydrogens is 310 g/mol. The van der Waals surface area contributed by atoms with Crippen LogP contribution in [-0.2, 0) is 17.9 Å². The summed E-state index contributed by atoms with van der Waals surface area (Å²) in [7, 11) is 0. The normalized spacial score (nSPS) is 10.5. The van der Waals surface area contributed by atoms with Gasteiger partial charge in [0.05, 0.1) is 24.8 Å². The Kier molecular flexibility index (Phi) is 4.41. The highest BCUT2D eigenvalue weighted by molar-refractivity contribution is 5.75. The van der Waals surface area contributed by atoms with Crippen LogP contribution in [-0.4, -0.2) is 35.4 Å². The molecule has 0 atom stereocenters. The Balaban J connectivity index is 1.59. The van der Waals surface area contributed by atoms with Gasteiger partial charge in [-0.05, 0) is 19.1 Å². The van der Waals surface area contributed by atoms with Crippen LogP contribution in [0.3, 0.4) is 0 Å². The number of nitrogens with zero attached hydrogens (tertiary/aromatic N) is 6. The number of aryl methyl sites for hydroxylation is 1. The van der Waals surface area contributed by atoms with Gasteiger partial charge < -0.3 is 5.32 Å². The molecule has 3 aromatic rings. The zero-order valence-corrected chi connectivity index (χ0v) is 13.0. The van der Waals surface area contributed by atoms with Gasteiger partial charge in [0.25, 0.3) is 5.56 Å². The molecule has 0 aromatic carbocycles. The van der Waals surface area contributed by atoms with E-state index in [1.807, 2.05) is 0 Å². The van der Waals surface area contributed by atoms with Crippen LogP contribution < -0.4 is 10.9 Å². The molecular formula is C15H15N7O2. The first kappa shape index (κ1) is 15.5. The quantitative estimate of drug-likeness (QED) is 0.698. The van der Waals surface area contributed by atoms with Crippen LogP contribution >= 0.6 is 0 Å². The number of hydrogen-bond donors (Lipinski definition) is 1. The summed E-state index contributed by atoms with van der Waals surface area (Å²) in [5, 5.41) is 10.7. The second-order valence-corrected chi connectivity index (χ2v) is 5.13. The van der Waals surface area contributed by atoms with Gasteiger partial charge in [0.15, 0.2) is 0 Å². The van der Waals surface area contributed by atoms with Gasteiger partial charge >= 0.3 is 0 Å². The van der Waals surface area contributed by atoms with Gasteiger partial charge in [-0.25, -0.2) is 9.67 Å². The van der Waals surface area contributed by atoms with Crippen molar-refractivity contribution in [1.82, 2.24) is 34.8 Å². The summed E-state index contributed by atoms with van der Waals surface area (Å²) in [5.74, 6) is -0.304. The first-order chi connectivity index (χ1) is 11.6. The van der Waals surface area contributed by atoms with Gasteiger partial charge in [-0.2, -0.15) is 0 Å². The minimum Gasteiger partial charge on any atom is -0.349 e. The Bertz CT molecular complexity index is 901. The van der Waals surface area contributed by atoms with Crippen molar-refractivity contribution in [2.75, 3.05) is 0 Å². The number of carbonyl (C=O) groups excluding carboxylic acids is 1. The lowest BCUT2D eigenvalue weighted by Crippen LogP contribution is -2.32. The van der Waals surface area contributed by atoms with Gasteiger partial charge in [0.1, 0.15) is 12.2 Å². The highest BCUT2D eigenvalue weighted by Crippen LogP contribution is 2.04. The van der Waals surface area contributed by atoms with Gasteiger partial charge in [-0.1, -0.05) is 5.21 Å². The molecule has 24 heavy (non-hydrogen) atoms. The van der Waals surface area contributed by atoms with Crippen molar-refractivity contribution in [3.63, 3.8) is 0 Å².